The Balaban J connectivity index is 0.00000272. The van der Waals surface area contributed by atoms with Gasteiger partial charge in [0, 0.05) is 23.8 Å². The van der Waals surface area contributed by atoms with Gasteiger partial charge < -0.3 is 24.9 Å². The van der Waals surface area contributed by atoms with Gasteiger partial charge in [-0.05, 0) is 35.7 Å². The fraction of sp³-hybridized carbons (Fsp3) is 0.217. The molecule has 1 aromatic heterocycles. The predicted molar refractivity (Wildman–Crippen MR) is 115 cm³/mol. The number of hydrogen-bond donors (Lipinski definition) is 1. The Labute approximate surface area is 229 Å². The maximum absolute atomic E-state index is 11.0. The molecule has 0 bridgehead atoms. The van der Waals surface area contributed by atoms with E-state index in [2.05, 4.69) is 15.2 Å². The van der Waals surface area contributed by atoms with Crippen molar-refractivity contribution in [2.45, 2.75) is 19.5 Å². The third-order valence-corrected chi connectivity index (χ3v) is 5.32. The molecule has 0 radical (unpaired) electrons. The molecule has 31 heavy (non-hydrogen) atoms. The third-order valence-electron chi connectivity index (χ3n) is 5.08. The number of benzene rings is 2. The molecule has 0 fully saturated rings. The Morgan fingerprint density at radius 3 is 2.74 bits per heavy atom. The van der Waals surface area contributed by atoms with Crippen molar-refractivity contribution in [1.29, 1.82) is 0 Å². The number of carbonyl (C=O) groups excluding carboxylic acids is 1. The van der Waals surface area contributed by atoms with Gasteiger partial charge in [-0.1, -0.05) is 48.0 Å². The molecule has 1 atom stereocenters. The zero-order valence-electron chi connectivity index (χ0n) is 17.5. The van der Waals surface area contributed by atoms with Crippen LogP contribution in [-0.2, 0) is 6.54 Å². The van der Waals surface area contributed by atoms with Crippen LogP contribution in [0.1, 0.15) is 34.5 Å². The number of aromatic carboxylic acids is 1. The number of pyridine rings is 1. The second-order valence-electron chi connectivity index (χ2n) is 7.18. The van der Waals surface area contributed by atoms with E-state index < -0.39 is 5.97 Å². The van der Waals surface area contributed by atoms with Crippen molar-refractivity contribution in [3.63, 3.8) is 0 Å². The number of nitrogens with one attached hydrogen (secondary N) is 1. The van der Waals surface area contributed by atoms with Gasteiger partial charge in [0.2, 0.25) is 0 Å². The fourth-order valence-electron chi connectivity index (χ4n) is 3.55. The molecule has 8 heteroatoms. The number of aromatic nitrogens is 1. The number of rotatable bonds is 6. The number of anilines is 2. The molecular weight excluding hydrogens is 441 g/mol. The predicted octanol–water partition coefficient (Wildman–Crippen LogP) is 0.675. The smallest absolute Gasteiger partial charge is 0.545 e. The molecule has 6 nitrogen and oxygen atoms in total. The Hall–Kier alpha value is -1.61. The van der Waals surface area contributed by atoms with Gasteiger partial charge in [0.05, 0.1) is 18.6 Å². The van der Waals surface area contributed by atoms with Gasteiger partial charge in [-0.2, -0.15) is 0 Å². The summed E-state index contributed by atoms with van der Waals surface area (Å²) in [6, 6.07) is 16.2. The quantitative estimate of drug-likeness (QED) is 0.544. The summed E-state index contributed by atoms with van der Waals surface area (Å²) in [4.78, 5) is 17.8. The summed E-state index contributed by atoms with van der Waals surface area (Å²) in [6.07, 6.45) is 1.72. The number of carbonyl (C=O) groups is 1. The van der Waals surface area contributed by atoms with Crippen LogP contribution >= 0.6 is 11.6 Å². The van der Waals surface area contributed by atoms with Crippen LogP contribution in [0, 0.1) is 0 Å². The van der Waals surface area contributed by atoms with Gasteiger partial charge in [-0.25, -0.2) is 4.98 Å². The summed E-state index contributed by atoms with van der Waals surface area (Å²) in [5.41, 5.74) is 3.11. The van der Waals surface area contributed by atoms with Gasteiger partial charge in [-0.15, -0.1) is 0 Å². The third kappa shape index (κ3) is 5.80. The average Bonchev–Trinajstić information content (AvgIpc) is 2.74. The summed E-state index contributed by atoms with van der Waals surface area (Å²) in [5, 5.41) is 15.1. The second kappa shape index (κ2) is 10.8. The molecule has 1 aliphatic rings. The van der Waals surface area contributed by atoms with E-state index in [9.17, 15) is 9.90 Å². The van der Waals surface area contributed by atoms with Crippen molar-refractivity contribution in [2.24, 2.45) is 0 Å². The molecule has 1 N–H and O–H groups in total. The summed E-state index contributed by atoms with van der Waals surface area (Å²) < 4.78 is 5.87. The first-order valence-electron chi connectivity index (χ1n) is 9.70. The molecule has 0 amide bonds. The summed E-state index contributed by atoms with van der Waals surface area (Å²) in [7, 11) is 0. The zero-order valence-corrected chi connectivity index (χ0v) is 21.3. The van der Waals surface area contributed by atoms with Gasteiger partial charge in [-0.3, -0.25) is 0 Å². The maximum Gasteiger partial charge on any atom is 1.00 e. The molecule has 0 unspecified atom stereocenters. The van der Waals surface area contributed by atoms with E-state index in [1.807, 2.05) is 37.3 Å². The van der Waals surface area contributed by atoms with Gasteiger partial charge >= 0.3 is 51.4 Å². The van der Waals surface area contributed by atoms with Crippen LogP contribution in [0.4, 0.5) is 11.5 Å². The van der Waals surface area contributed by atoms with Crippen molar-refractivity contribution >= 4 is 29.1 Å². The minimum absolute atomic E-state index is 0. The van der Waals surface area contributed by atoms with E-state index in [4.69, 9.17) is 16.3 Å². The second-order valence-corrected chi connectivity index (χ2v) is 7.62. The molecular formula is C23H21ClKN3O3. The van der Waals surface area contributed by atoms with E-state index in [-0.39, 0.29) is 63.0 Å². The van der Waals surface area contributed by atoms with E-state index in [0.29, 0.717) is 24.0 Å². The molecule has 3 aromatic rings. The van der Waals surface area contributed by atoms with Crippen molar-refractivity contribution in [3.05, 3.63) is 82.5 Å². The number of nitrogens with zero attached hydrogens (tertiary/aromatic N) is 2. The normalized spacial score (nSPS) is 13.4. The minimum atomic E-state index is -1.19. The van der Waals surface area contributed by atoms with Crippen LogP contribution in [0.3, 0.4) is 0 Å². The monoisotopic (exact) mass is 461 g/mol. The van der Waals surface area contributed by atoms with Crippen LogP contribution in [0.15, 0.2) is 60.8 Å². The molecule has 2 aromatic carbocycles. The summed E-state index contributed by atoms with van der Waals surface area (Å²) >= 11 is 6.15. The zero-order chi connectivity index (χ0) is 21.1. The van der Waals surface area contributed by atoms with E-state index >= 15 is 0 Å². The van der Waals surface area contributed by atoms with Crippen molar-refractivity contribution < 1.29 is 66.0 Å². The number of carboxylic acids is 1. The first-order chi connectivity index (χ1) is 14.5. The van der Waals surface area contributed by atoms with Crippen LogP contribution in [0.25, 0.3) is 0 Å². The average molecular weight is 462 g/mol. The number of hydrogen-bond acceptors (Lipinski definition) is 6. The molecule has 1 aliphatic heterocycles. The Morgan fingerprint density at radius 2 is 2.03 bits per heavy atom. The molecule has 0 saturated heterocycles. The largest absolute Gasteiger partial charge is 1.00 e. The van der Waals surface area contributed by atoms with Crippen molar-refractivity contribution in [3.8, 4) is 5.75 Å². The molecule has 2 heterocycles. The summed E-state index contributed by atoms with van der Waals surface area (Å²) in [5.74, 6) is 0.306. The summed E-state index contributed by atoms with van der Waals surface area (Å²) in [6.45, 7) is 4.01. The maximum atomic E-state index is 11.0. The number of halogens is 1. The van der Waals surface area contributed by atoms with Gasteiger partial charge in [0.15, 0.2) is 5.82 Å². The van der Waals surface area contributed by atoms with Crippen molar-refractivity contribution in [2.75, 3.05) is 23.4 Å². The van der Waals surface area contributed by atoms with Crippen LogP contribution in [0.5, 0.6) is 5.75 Å². The number of ether oxygens (including phenoxy) is 1. The molecule has 154 valence electrons. The molecule has 0 saturated carbocycles. The first-order valence-corrected chi connectivity index (χ1v) is 10.1. The van der Waals surface area contributed by atoms with Gasteiger partial charge in [0.1, 0.15) is 18.0 Å². The SMILES string of the molecule is C[C@H](Nc1nccc2c1N(Cc1cccc(Cl)c1)CCO2)c1ccc(C(=O)[O-])cc1.[K+]. The number of fused-ring (bicyclic) bond motifs is 1. The Bertz CT molecular complexity index is 1060. The van der Waals surface area contributed by atoms with E-state index in [1.165, 1.54) is 0 Å². The van der Waals surface area contributed by atoms with Crippen LogP contribution in [0.2, 0.25) is 5.02 Å². The Kier molecular flexibility index (Phi) is 8.38. The topological polar surface area (TPSA) is 77.5 Å². The minimum Gasteiger partial charge on any atom is -0.545 e. The van der Waals surface area contributed by atoms with Crippen LogP contribution in [-0.4, -0.2) is 24.1 Å². The van der Waals surface area contributed by atoms with Gasteiger partial charge in [0.25, 0.3) is 0 Å². The van der Waals surface area contributed by atoms with E-state index in [1.54, 1.807) is 30.5 Å². The van der Waals surface area contributed by atoms with E-state index in [0.717, 1.165) is 29.1 Å². The molecule has 0 aliphatic carbocycles. The van der Waals surface area contributed by atoms with Crippen LogP contribution < -0.4 is 71.4 Å². The number of carboxylic acid groups (broad SMARTS) is 1. The van der Waals surface area contributed by atoms with Crippen molar-refractivity contribution in [1.82, 2.24) is 4.98 Å². The fourth-order valence-corrected chi connectivity index (χ4v) is 3.76. The first kappa shape index (κ1) is 24.0. The molecule has 0 spiro atoms. The standard InChI is InChI=1S/C23H22ClN3O3.K/c1-15(17-5-7-18(8-6-17)23(28)29)26-22-21-20(9-10-25-22)30-12-11-27(21)14-16-3-2-4-19(24)13-16;/h2-10,13,15H,11-12,14H2,1H3,(H,25,26)(H,28,29);/q;+1/p-1/t15-;/m0./s1. The molecule has 4 rings (SSSR count). The Morgan fingerprint density at radius 1 is 1.26 bits per heavy atom.